The van der Waals surface area contributed by atoms with Crippen molar-refractivity contribution in [3.63, 3.8) is 0 Å². The van der Waals surface area contributed by atoms with Crippen molar-refractivity contribution in [1.29, 1.82) is 0 Å². The summed E-state index contributed by atoms with van der Waals surface area (Å²) >= 11 is 0. The molecule has 2 rings (SSSR count). The van der Waals surface area contributed by atoms with Crippen LogP contribution in [0, 0.1) is 0 Å². The van der Waals surface area contributed by atoms with Gasteiger partial charge in [-0.1, -0.05) is 0 Å². The molecule has 4 nitrogen and oxygen atoms in total. The van der Waals surface area contributed by atoms with Crippen molar-refractivity contribution in [1.82, 2.24) is 4.98 Å². The van der Waals surface area contributed by atoms with Gasteiger partial charge in [0.15, 0.2) is 18.1 Å². The summed E-state index contributed by atoms with van der Waals surface area (Å²) in [6.45, 7) is 0. The smallest absolute Gasteiger partial charge is 0.309 e. The van der Waals surface area contributed by atoms with Gasteiger partial charge in [0.05, 0.1) is 0 Å². The molecule has 17 heavy (non-hydrogen) atoms. The highest BCUT2D eigenvalue weighted by atomic mass is 79.9. The molecule has 4 N–H and O–H groups in total. The van der Waals surface area contributed by atoms with Gasteiger partial charge in [0.2, 0.25) is 0 Å². The van der Waals surface area contributed by atoms with Gasteiger partial charge < -0.3 is 44.7 Å². The van der Waals surface area contributed by atoms with Crippen LogP contribution in [0.15, 0.2) is 41.6 Å². The maximum Gasteiger partial charge on any atom is 0.309 e. The fourth-order valence-corrected chi connectivity index (χ4v) is 1.39. The minimum Gasteiger partial charge on any atom is -1.00 e. The van der Waals surface area contributed by atoms with Crippen LogP contribution >= 0.6 is 0 Å². The van der Waals surface area contributed by atoms with Gasteiger partial charge in [-0.2, -0.15) is 0 Å². The zero-order chi connectivity index (χ0) is 10.8. The van der Waals surface area contributed by atoms with Crippen molar-refractivity contribution < 1.29 is 44.3 Å². The Hall–Kier alpha value is -0.980. The average molecular weight is 363 g/mol. The predicted octanol–water partition coefficient (Wildman–Crippen LogP) is -6.25. The van der Waals surface area contributed by atoms with Gasteiger partial charge in [-0.25, -0.2) is 4.57 Å². The van der Waals surface area contributed by atoms with E-state index in [0.29, 0.717) is 5.69 Å². The van der Waals surface area contributed by atoms with E-state index in [1.165, 1.54) is 0 Å². The molecule has 0 aromatic carbocycles. The van der Waals surface area contributed by atoms with Crippen LogP contribution in [0.1, 0.15) is 0 Å². The van der Waals surface area contributed by atoms with Crippen LogP contribution in [-0.2, 0) is 7.05 Å². The van der Waals surface area contributed by atoms with Gasteiger partial charge in [0.25, 0.3) is 0 Å². The standard InChI is InChI=1S/C11H11N3O.2BrH/c1-14-4-2-8(3-5-14)9-6-10(12)11(15)13-7-9;;/h2-7H,12H2,1H3;2*1H. The number of aryl methyl sites for hydroxylation is 1. The monoisotopic (exact) mass is 361 g/mol. The summed E-state index contributed by atoms with van der Waals surface area (Å²) < 4.78 is 1.96. The largest absolute Gasteiger partial charge is 1.00 e. The third kappa shape index (κ3) is 3.76. The van der Waals surface area contributed by atoms with Gasteiger partial charge in [0.1, 0.15) is 7.05 Å². The molecule has 0 amide bonds. The molecule has 0 spiro atoms. The van der Waals surface area contributed by atoms with Crippen molar-refractivity contribution in [3.8, 4) is 11.1 Å². The van der Waals surface area contributed by atoms with Crippen LogP contribution in [0.4, 0.5) is 5.69 Å². The first kappa shape index (κ1) is 16.0. The van der Waals surface area contributed by atoms with Crippen molar-refractivity contribution in [2.75, 3.05) is 0 Å². The molecule has 0 aliphatic heterocycles. The molecule has 92 valence electrons. The molecule has 0 fully saturated rings. The van der Waals surface area contributed by atoms with Crippen LogP contribution < -0.4 is 49.8 Å². The predicted molar refractivity (Wildman–Crippen MR) is 56.2 cm³/mol. The highest BCUT2D eigenvalue weighted by molar-refractivity contribution is 5.63. The summed E-state index contributed by atoms with van der Waals surface area (Å²) in [5, 5.41) is 0. The number of pyridine rings is 2. The molecule has 0 bridgehead atoms. The molecular weight excluding hydrogens is 350 g/mol. The molecule has 0 radical (unpaired) electrons. The van der Waals surface area contributed by atoms with Crippen molar-refractivity contribution in [3.05, 3.63) is 47.1 Å². The summed E-state index contributed by atoms with van der Waals surface area (Å²) in [5.41, 5.74) is 6.06. The number of nitrogens with one attached hydrogen (secondary N) is 1. The molecule has 0 atom stereocenters. The lowest BCUT2D eigenvalue weighted by atomic mass is 10.1. The van der Waals surface area contributed by atoms with Crippen molar-refractivity contribution in [2.45, 2.75) is 0 Å². The summed E-state index contributed by atoms with van der Waals surface area (Å²) in [6, 6.07) is 5.77. The van der Waals surface area contributed by atoms with Gasteiger partial charge in [-0.15, -0.1) is 0 Å². The number of hydrogen-bond donors (Lipinski definition) is 2. The molecule has 0 unspecified atom stereocenters. The number of aromatic nitrogens is 2. The number of hydrogen-bond acceptors (Lipinski definition) is 1. The van der Waals surface area contributed by atoms with Gasteiger partial charge >= 0.3 is 5.56 Å². The van der Waals surface area contributed by atoms with Crippen LogP contribution in [0.3, 0.4) is 0 Å². The Labute approximate surface area is 120 Å². The van der Waals surface area contributed by atoms with E-state index < -0.39 is 0 Å². The van der Waals surface area contributed by atoms with E-state index in [1.54, 1.807) is 12.3 Å². The Morgan fingerprint density at radius 2 is 1.76 bits per heavy atom. The van der Waals surface area contributed by atoms with E-state index in [2.05, 4.69) is 10.7 Å². The van der Waals surface area contributed by atoms with Crippen LogP contribution in [0.2, 0.25) is 0 Å². The van der Waals surface area contributed by atoms with E-state index in [4.69, 9.17) is 0 Å². The molecule has 0 saturated carbocycles. The average Bonchev–Trinajstić information content (AvgIpc) is 2.23. The number of nitrogens with zero attached hydrogens (tertiary/aromatic N) is 1. The lowest BCUT2D eigenvalue weighted by Crippen LogP contribution is -3.00. The Kier molecular flexibility index (Phi) is 6.30. The highest BCUT2D eigenvalue weighted by Gasteiger charge is 2.04. The van der Waals surface area contributed by atoms with E-state index >= 15 is 0 Å². The summed E-state index contributed by atoms with van der Waals surface area (Å²) in [7, 11) is 1.96. The Balaban J connectivity index is 0.00000128. The number of halogens is 2. The second kappa shape index (κ2) is 6.68. The molecular formula is C11H13Br2N3O. The first-order valence-corrected chi connectivity index (χ1v) is 4.67. The quantitative estimate of drug-likeness (QED) is 0.487. The Bertz CT molecular complexity index is 537. The van der Waals surface area contributed by atoms with Gasteiger partial charge in [0, 0.05) is 30.0 Å². The minimum absolute atomic E-state index is 0. The zero-order valence-corrected chi connectivity index (χ0v) is 12.5. The van der Waals surface area contributed by atoms with E-state index in [-0.39, 0.29) is 39.5 Å². The normalized spacial score (nSPS) is 9.06. The maximum absolute atomic E-state index is 11.1. The summed E-state index contributed by atoms with van der Waals surface area (Å²) in [4.78, 5) is 13.8. The number of H-pyrrole nitrogens is 1. The second-order valence-corrected chi connectivity index (χ2v) is 3.50. The molecule has 2 heterocycles. The highest BCUT2D eigenvalue weighted by Crippen LogP contribution is 2.16. The fraction of sp³-hybridized carbons (Fsp3) is 0.0909. The zero-order valence-electron chi connectivity index (χ0n) is 9.28. The molecule has 0 saturated heterocycles. The van der Waals surface area contributed by atoms with E-state index in [9.17, 15) is 4.79 Å². The molecule has 2 aromatic rings. The maximum atomic E-state index is 11.1. The van der Waals surface area contributed by atoms with E-state index in [1.807, 2.05) is 36.1 Å². The molecule has 0 aliphatic carbocycles. The van der Waals surface area contributed by atoms with Crippen LogP contribution in [0.25, 0.3) is 11.1 Å². The lowest BCUT2D eigenvalue weighted by Gasteiger charge is -1.98. The van der Waals surface area contributed by atoms with Crippen LogP contribution in [0.5, 0.6) is 0 Å². The summed E-state index contributed by atoms with van der Waals surface area (Å²) in [5.74, 6) is 0. The SMILES string of the molecule is C[n+]1ccc(-c2c[nH]c(=O)c([NH3+])c2)cc1.[Br-].[Br-]. The molecule has 2 aromatic heterocycles. The topological polar surface area (TPSA) is 64.4 Å². The number of rotatable bonds is 1. The molecule has 0 aliphatic rings. The fourth-order valence-electron chi connectivity index (χ4n) is 1.39. The number of quaternary nitrogens is 1. The molecule has 6 heteroatoms. The lowest BCUT2D eigenvalue weighted by molar-refractivity contribution is -0.671. The van der Waals surface area contributed by atoms with Crippen molar-refractivity contribution in [2.24, 2.45) is 7.05 Å². The second-order valence-electron chi connectivity index (χ2n) is 3.50. The first-order chi connectivity index (χ1) is 7.16. The first-order valence-electron chi connectivity index (χ1n) is 4.67. The Morgan fingerprint density at radius 1 is 1.18 bits per heavy atom. The summed E-state index contributed by atoms with van der Waals surface area (Å²) in [6.07, 6.45) is 5.62. The van der Waals surface area contributed by atoms with Gasteiger partial charge in [-0.05, 0) is 5.56 Å². The van der Waals surface area contributed by atoms with Crippen LogP contribution in [-0.4, -0.2) is 4.98 Å². The minimum atomic E-state index is -0.139. The van der Waals surface area contributed by atoms with Crippen molar-refractivity contribution >= 4 is 5.69 Å². The third-order valence-corrected chi connectivity index (χ3v) is 2.29. The Morgan fingerprint density at radius 3 is 2.29 bits per heavy atom. The number of aromatic amines is 1. The van der Waals surface area contributed by atoms with E-state index in [0.717, 1.165) is 11.1 Å². The van der Waals surface area contributed by atoms with Gasteiger partial charge in [-0.3, -0.25) is 4.79 Å². The third-order valence-electron chi connectivity index (χ3n) is 2.29.